The number of carbonyl (C=O) groups is 1. The zero-order valence-electron chi connectivity index (χ0n) is 12.7. The van der Waals surface area contributed by atoms with E-state index >= 15 is 0 Å². The highest BCUT2D eigenvalue weighted by atomic mass is 79.9. The van der Waals surface area contributed by atoms with E-state index in [0.29, 0.717) is 18.9 Å². The van der Waals surface area contributed by atoms with Gasteiger partial charge in [0.2, 0.25) is 0 Å². The molecule has 20 heavy (non-hydrogen) atoms. The van der Waals surface area contributed by atoms with Crippen molar-refractivity contribution < 1.29 is 9.53 Å². The topological polar surface area (TPSA) is 38.3 Å². The normalized spacial score (nSPS) is 14.1. The summed E-state index contributed by atoms with van der Waals surface area (Å²) in [6, 6.07) is 7.85. The largest absolute Gasteiger partial charge is 0.464 e. The minimum Gasteiger partial charge on any atom is -0.464 e. The summed E-state index contributed by atoms with van der Waals surface area (Å²) in [5.74, 6) is 0.260. The summed E-state index contributed by atoms with van der Waals surface area (Å²) in [5, 5.41) is 3.41. The Morgan fingerprint density at radius 2 is 1.90 bits per heavy atom. The third-order valence-corrected chi connectivity index (χ3v) is 3.83. The lowest BCUT2D eigenvalue weighted by Gasteiger charge is -2.33. The van der Waals surface area contributed by atoms with Crippen molar-refractivity contribution in [2.24, 2.45) is 5.92 Å². The lowest BCUT2D eigenvalue weighted by atomic mass is 9.86. The maximum absolute atomic E-state index is 12.5. The number of benzene rings is 1. The summed E-state index contributed by atoms with van der Waals surface area (Å²) in [6.07, 6.45) is 0.653. The Labute approximate surface area is 130 Å². The highest BCUT2D eigenvalue weighted by Gasteiger charge is 2.39. The van der Waals surface area contributed by atoms with E-state index < -0.39 is 5.54 Å². The van der Waals surface area contributed by atoms with Gasteiger partial charge in [0.25, 0.3) is 0 Å². The van der Waals surface area contributed by atoms with Gasteiger partial charge in [-0.05, 0) is 43.5 Å². The van der Waals surface area contributed by atoms with Crippen molar-refractivity contribution in [3.05, 3.63) is 34.3 Å². The Morgan fingerprint density at radius 3 is 2.35 bits per heavy atom. The van der Waals surface area contributed by atoms with Crippen LogP contribution >= 0.6 is 15.9 Å². The number of nitrogens with one attached hydrogen (secondary N) is 1. The number of esters is 1. The number of halogens is 1. The van der Waals surface area contributed by atoms with Crippen LogP contribution < -0.4 is 5.32 Å². The van der Waals surface area contributed by atoms with E-state index in [4.69, 9.17) is 4.74 Å². The van der Waals surface area contributed by atoms with Crippen LogP contribution in [0.25, 0.3) is 0 Å². The van der Waals surface area contributed by atoms with Gasteiger partial charge in [-0.2, -0.15) is 0 Å². The molecule has 112 valence electrons. The van der Waals surface area contributed by atoms with Crippen LogP contribution in [0.2, 0.25) is 0 Å². The van der Waals surface area contributed by atoms with Crippen LogP contribution in [0, 0.1) is 5.92 Å². The van der Waals surface area contributed by atoms with E-state index in [0.717, 1.165) is 16.6 Å². The summed E-state index contributed by atoms with van der Waals surface area (Å²) >= 11 is 3.43. The quantitative estimate of drug-likeness (QED) is 0.765. The Bertz CT molecular complexity index is 431. The van der Waals surface area contributed by atoms with E-state index in [9.17, 15) is 4.79 Å². The fourth-order valence-corrected chi connectivity index (χ4v) is 2.40. The Kier molecular flexibility index (Phi) is 6.69. The minimum atomic E-state index is -0.763. The molecule has 0 amide bonds. The predicted octanol–water partition coefficient (Wildman–Crippen LogP) is 3.86. The molecule has 0 spiro atoms. The Morgan fingerprint density at radius 1 is 1.30 bits per heavy atom. The average molecular weight is 342 g/mol. The van der Waals surface area contributed by atoms with Crippen LogP contribution in [0.3, 0.4) is 0 Å². The molecule has 1 aromatic rings. The molecular weight excluding hydrogens is 318 g/mol. The molecule has 0 heterocycles. The second-order valence-corrected chi connectivity index (χ2v) is 6.18. The van der Waals surface area contributed by atoms with Gasteiger partial charge in [-0.3, -0.25) is 5.32 Å². The van der Waals surface area contributed by atoms with Crippen molar-refractivity contribution in [1.82, 2.24) is 5.32 Å². The van der Waals surface area contributed by atoms with Crippen LogP contribution in [0.1, 0.15) is 39.7 Å². The molecule has 0 aromatic heterocycles. The molecule has 0 aliphatic carbocycles. The van der Waals surface area contributed by atoms with Crippen LogP contribution in [0.4, 0.5) is 0 Å². The van der Waals surface area contributed by atoms with E-state index in [1.54, 1.807) is 0 Å². The van der Waals surface area contributed by atoms with Crippen molar-refractivity contribution in [1.29, 1.82) is 0 Å². The molecule has 0 radical (unpaired) electrons. The van der Waals surface area contributed by atoms with Gasteiger partial charge in [-0.15, -0.1) is 0 Å². The number of hydrogen-bond acceptors (Lipinski definition) is 3. The highest BCUT2D eigenvalue weighted by Crippen LogP contribution is 2.28. The van der Waals surface area contributed by atoms with Gasteiger partial charge in [0.15, 0.2) is 0 Å². The third-order valence-electron chi connectivity index (χ3n) is 3.30. The van der Waals surface area contributed by atoms with Crippen molar-refractivity contribution in [2.75, 3.05) is 13.2 Å². The highest BCUT2D eigenvalue weighted by molar-refractivity contribution is 9.10. The molecule has 0 bridgehead atoms. The van der Waals surface area contributed by atoms with Crippen molar-refractivity contribution in [3.8, 4) is 0 Å². The first-order valence-corrected chi connectivity index (χ1v) is 7.93. The summed E-state index contributed by atoms with van der Waals surface area (Å²) in [6.45, 7) is 9.25. The van der Waals surface area contributed by atoms with Gasteiger partial charge < -0.3 is 4.74 Å². The first kappa shape index (κ1) is 17.2. The molecule has 0 fully saturated rings. The number of hydrogen-bond donors (Lipinski definition) is 1. The summed E-state index contributed by atoms with van der Waals surface area (Å²) in [7, 11) is 0. The molecule has 0 saturated carbocycles. The molecule has 1 rings (SSSR count). The van der Waals surface area contributed by atoms with E-state index in [-0.39, 0.29) is 5.97 Å². The standard InChI is InChI=1S/C16H24BrNO2/c1-5-16(15(19)20-6-2,18-11-12(3)4)13-7-9-14(17)10-8-13/h7-10,12,18H,5-6,11H2,1-4H3. The van der Waals surface area contributed by atoms with E-state index in [1.807, 2.05) is 38.1 Å². The smallest absolute Gasteiger partial charge is 0.330 e. The predicted molar refractivity (Wildman–Crippen MR) is 85.6 cm³/mol. The zero-order chi connectivity index (χ0) is 15.2. The van der Waals surface area contributed by atoms with Crippen molar-refractivity contribution >= 4 is 21.9 Å². The lowest BCUT2D eigenvalue weighted by Crippen LogP contribution is -2.51. The maximum atomic E-state index is 12.5. The number of ether oxygens (including phenoxy) is 1. The van der Waals surface area contributed by atoms with Crippen LogP contribution in [-0.2, 0) is 15.1 Å². The summed E-state index contributed by atoms with van der Waals surface area (Å²) < 4.78 is 6.30. The van der Waals surface area contributed by atoms with Gasteiger partial charge in [0.05, 0.1) is 6.61 Å². The van der Waals surface area contributed by atoms with E-state index in [2.05, 4.69) is 35.1 Å². The lowest BCUT2D eigenvalue weighted by molar-refractivity contribution is -0.152. The van der Waals surface area contributed by atoms with Gasteiger partial charge >= 0.3 is 5.97 Å². The molecule has 0 saturated heterocycles. The van der Waals surface area contributed by atoms with Gasteiger partial charge in [-0.25, -0.2) is 4.79 Å². The zero-order valence-corrected chi connectivity index (χ0v) is 14.3. The second kappa shape index (κ2) is 7.79. The van der Waals surface area contributed by atoms with Gasteiger partial charge in [0.1, 0.15) is 5.54 Å². The molecule has 3 nitrogen and oxygen atoms in total. The summed E-state index contributed by atoms with van der Waals surface area (Å²) in [4.78, 5) is 12.5. The maximum Gasteiger partial charge on any atom is 0.330 e. The molecular formula is C16H24BrNO2. The molecule has 1 unspecified atom stereocenters. The SMILES string of the molecule is CCOC(=O)C(CC)(NCC(C)C)c1ccc(Br)cc1. The van der Waals surface area contributed by atoms with Crippen LogP contribution in [0.5, 0.6) is 0 Å². The van der Waals surface area contributed by atoms with Gasteiger partial charge in [0, 0.05) is 4.47 Å². The summed E-state index contributed by atoms with van der Waals surface area (Å²) in [5.41, 5.74) is 0.184. The molecule has 0 aliphatic heterocycles. The fourth-order valence-electron chi connectivity index (χ4n) is 2.13. The van der Waals surface area contributed by atoms with Crippen molar-refractivity contribution in [2.45, 2.75) is 39.7 Å². The number of carbonyl (C=O) groups excluding carboxylic acids is 1. The average Bonchev–Trinajstić information content (AvgIpc) is 2.41. The molecule has 1 aromatic carbocycles. The second-order valence-electron chi connectivity index (χ2n) is 5.26. The minimum absolute atomic E-state index is 0.203. The monoisotopic (exact) mass is 341 g/mol. The first-order valence-electron chi connectivity index (χ1n) is 7.14. The Balaban J connectivity index is 3.15. The molecule has 1 N–H and O–H groups in total. The Hall–Kier alpha value is -0.870. The van der Waals surface area contributed by atoms with Crippen molar-refractivity contribution in [3.63, 3.8) is 0 Å². The van der Waals surface area contributed by atoms with Crippen LogP contribution in [-0.4, -0.2) is 19.1 Å². The fraction of sp³-hybridized carbons (Fsp3) is 0.562. The van der Waals surface area contributed by atoms with Gasteiger partial charge in [-0.1, -0.05) is 48.8 Å². The first-order chi connectivity index (χ1) is 9.46. The molecule has 1 atom stereocenters. The molecule has 4 heteroatoms. The van der Waals surface area contributed by atoms with Crippen LogP contribution in [0.15, 0.2) is 28.7 Å². The number of rotatable bonds is 7. The third kappa shape index (κ3) is 4.06. The van der Waals surface area contributed by atoms with E-state index in [1.165, 1.54) is 0 Å². The molecule has 0 aliphatic rings.